The number of benzene rings is 1. The van der Waals surface area contributed by atoms with Gasteiger partial charge in [-0.25, -0.2) is 8.78 Å². The Hall–Kier alpha value is -1.72. The largest absolute Gasteiger partial charge is 0.469 e. The lowest BCUT2D eigenvalue weighted by molar-refractivity contribution is 0.509. The van der Waals surface area contributed by atoms with E-state index in [-0.39, 0.29) is 6.04 Å². The van der Waals surface area contributed by atoms with Crippen molar-refractivity contribution in [2.24, 2.45) is 5.84 Å². The number of hydrazine groups is 1. The van der Waals surface area contributed by atoms with Crippen LogP contribution in [0.25, 0.3) is 0 Å². The molecule has 0 amide bonds. The van der Waals surface area contributed by atoms with Crippen molar-refractivity contribution in [1.82, 2.24) is 5.43 Å². The quantitative estimate of drug-likeness (QED) is 0.649. The number of nitrogens with one attached hydrogen (secondary N) is 1. The summed E-state index contributed by atoms with van der Waals surface area (Å²) in [6.45, 7) is 1.82. The van der Waals surface area contributed by atoms with Crippen molar-refractivity contribution in [2.75, 3.05) is 0 Å². The van der Waals surface area contributed by atoms with Crippen LogP contribution >= 0.6 is 0 Å². The van der Waals surface area contributed by atoms with Crippen LogP contribution in [0.5, 0.6) is 0 Å². The van der Waals surface area contributed by atoms with E-state index in [1.807, 2.05) is 13.0 Å². The molecule has 5 heteroatoms. The fourth-order valence-electron chi connectivity index (χ4n) is 1.88. The molecule has 18 heavy (non-hydrogen) atoms. The number of aryl methyl sites for hydroxylation is 1. The van der Waals surface area contributed by atoms with E-state index in [2.05, 4.69) is 5.43 Å². The highest BCUT2D eigenvalue weighted by molar-refractivity contribution is 5.23. The molecule has 96 valence electrons. The number of nitrogens with two attached hydrogens (primary N) is 1. The first-order valence-electron chi connectivity index (χ1n) is 5.54. The maximum atomic E-state index is 13.1. The Balaban J connectivity index is 2.20. The molecule has 1 aromatic carbocycles. The topological polar surface area (TPSA) is 51.2 Å². The van der Waals surface area contributed by atoms with Crippen molar-refractivity contribution in [1.29, 1.82) is 0 Å². The molecule has 3 nitrogen and oxygen atoms in total. The molecular formula is C13H14F2N2O. The van der Waals surface area contributed by atoms with Gasteiger partial charge in [-0.1, -0.05) is 0 Å². The van der Waals surface area contributed by atoms with Gasteiger partial charge in [0.2, 0.25) is 0 Å². The van der Waals surface area contributed by atoms with Crippen LogP contribution in [0.2, 0.25) is 0 Å². The van der Waals surface area contributed by atoms with E-state index in [1.54, 1.807) is 6.26 Å². The van der Waals surface area contributed by atoms with Gasteiger partial charge < -0.3 is 4.42 Å². The highest BCUT2D eigenvalue weighted by Crippen LogP contribution is 2.21. The van der Waals surface area contributed by atoms with Crippen molar-refractivity contribution in [2.45, 2.75) is 19.4 Å². The maximum absolute atomic E-state index is 13.1. The van der Waals surface area contributed by atoms with Gasteiger partial charge in [-0.2, -0.15) is 0 Å². The Morgan fingerprint density at radius 2 is 1.89 bits per heavy atom. The second-order valence-corrected chi connectivity index (χ2v) is 4.19. The normalized spacial score (nSPS) is 12.7. The molecule has 0 fully saturated rings. The van der Waals surface area contributed by atoms with Gasteiger partial charge in [0.05, 0.1) is 12.3 Å². The molecule has 0 aliphatic rings. The summed E-state index contributed by atoms with van der Waals surface area (Å²) in [7, 11) is 0. The summed E-state index contributed by atoms with van der Waals surface area (Å²) in [6, 6.07) is 5.01. The summed E-state index contributed by atoms with van der Waals surface area (Å²) in [5.41, 5.74) is 4.00. The molecule has 2 aromatic rings. The number of hydrogen-bond acceptors (Lipinski definition) is 3. The second-order valence-electron chi connectivity index (χ2n) is 4.19. The summed E-state index contributed by atoms with van der Waals surface area (Å²) < 4.78 is 31.3. The highest BCUT2D eigenvalue weighted by atomic mass is 19.1. The van der Waals surface area contributed by atoms with E-state index in [1.165, 1.54) is 12.1 Å². The number of rotatable bonds is 4. The average molecular weight is 252 g/mol. The van der Waals surface area contributed by atoms with Gasteiger partial charge in [-0.05, 0) is 37.1 Å². The molecule has 0 saturated carbocycles. The zero-order chi connectivity index (χ0) is 13.1. The Morgan fingerprint density at radius 1 is 1.22 bits per heavy atom. The smallest absolute Gasteiger partial charge is 0.126 e. The monoisotopic (exact) mass is 252 g/mol. The van der Waals surface area contributed by atoms with Crippen molar-refractivity contribution < 1.29 is 13.2 Å². The van der Waals surface area contributed by atoms with Gasteiger partial charge in [0.1, 0.15) is 17.4 Å². The lowest BCUT2D eigenvalue weighted by atomic mass is 10.0. The predicted molar refractivity (Wildman–Crippen MR) is 63.6 cm³/mol. The molecule has 0 aliphatic heterocycles. The van der Waals surface area contributed by atoms with E-state index < -0.39 is 11.6 Å². The molecule has 0 spiro atoms. The second kappa shape index (κ2) is 5.29. The first kappa shape index (κ1) is 12.7. The number of hydrogen-bond donors (Lipinski definition) is 2. The van der Waals surface area contributed by atoms with Crippen LogP contribution in [0.1, 0.15) is 22.9 Å². The van der Waals surface area contributed by atoms with Gasteiger partial charge in [0.25, 0.3) is 0 Å². The lowest BCUT2D eigenvalue weighted by Crippen LogP contribution is -2.29. The fraction of sp³-hybridized carbons (Fsp3) is 0.231. The van der Waals surface area contributed by atoms with Crippen molar-refractivity contribution >= 4 is 0 Å². The first-order valence-corrected chi connectivity index (χ1v) is 5.54. The predicted octanol–water partition coefficient (Wildman–Crippen LogP) is 2.61. The third-order valence-electron chi connectivity index (χ3n) is 2.72. The molecule has 0 bridgehead atoms. The molecule has 0 aliphatic carbocycles. The van der Waals surface area contributed by atoms with Gasteiger partial charge in [-0.15, -0.1) is 0 Å². The first-order chi connectivity index (χ1) is 8.58. The molecule has 3 N–H and O–H groups in total. The molecule has 1 aromatic heterocycles. The maximum Gasteiger partial charge on any atom is 0.126 e. The Kier molecular flexibility index (Phi) is 3.74. The number of furan rings is 1. The van der Waals surface area contributed by atoms with Crippen molar-refractivity contribution in [3.8, 4) is 0 Å². The SMILES string of the molecule is Cc1cc(C(Cc2cc(F)cc(F)c2)NN)co1. The molecule has 1 unspecified atom stereocenters. The van der Waals surface area contributed by atoms with Gasteiger partial charge in [-0.3, -0.25) is 11.3 Å². The zero-order valence-corrected chi connectivity index (χ0v) is 9.91. The number of halogens is 2. The van der Waals surface area contributed by atoms with E-state index >= 15 is 0 Å². The Morgan fingerprint density at radius 3 is 2.39 bits per heavy atom. The van der Waals surface area contributed by atoms with Gasteiger partial charge in [0, 0.05) is 11.6 Å². The molecular weight excluding hydrogens is 238 g/mol. The summed E-state index contributed by atoms with van der Waals surface area (Å²) in [4.78, 5) is 0. The van der Waals surface area contributed by atoms with E-state index in [0.717, 1.165) is 17.4 Å². The molecule has 0 saturated heterocycles. The van der Waals surface area contributed by atoms with E-state index in [0.29, 0.717) is 12.0 Å². The van der Waals surface area contributed by atoms with Crippen LogP contribution in [0.4, 0.5) is 8.78 Å². The highest BCUT2D eigenvalue weighted by Gasteiger charge is 2.14. The average Bonchev–Trinajstić information content (AvgIpc) is 2.71. The summed E-state index contributed by atoms with van der Waals surface area (Å²) >= 11 is 0. The fourth-order valence-corrected chi connectivity index (χ4v) is 1.88. The third-order valence-corrected chi connectivity index (χ3v) is 2.72. The van der Waals surface area contributed by atoms with Crippen LogP contribution < -0.4 is 11.3 Å². The lowest BCUT2D eigenvalue weighted by Gasteiger charge is -2.14. The zero-order valence-electron chi connectivity index (χ0n) is 9.91. The summed E-state index contributed by atoms with van der Waals surface area (Å²) in [5, 5.41) is 0. The molecule has 2 rings (SSSR count). The van der Waals surface area contributed by atoms with Crippen LogP contribution in [0.15, 0.2) is 34.9 Å². The van der Waals surface area contributed by atoms with E-state index in [4.69, 9.17) is 10.3 Å². The summed E-state index contributed by atoms with van der Waals surface area (Å²) in [5.74, 6) is 5.03. The molecule has 1 atom stereocenters. The van der Waals surface area contributed by atoms with Crippen LogP contribution in [0, 0.1) is 18.6 Å². The third kappa shape index (κ3) is 2.94. The minimum Gasteiger partial charge on any atom is -0.469 e. The van der Waals surface area contributed by atoms with E-state index in [9.17, 15) is 8.78 Å². The van der Waals surface area contributed by atoms with Crippen LogP contribution in [-0.4, -0.2) is 0 Å². The van der Waals surface area contributed by atoms with Crippen molar-refractivity contribution in [3.63, 3.8) is 0 Å². The van der Waals surface area contributed by atoms with Crippen LogP contribution in [-0.2, 0) is 6.42 Å². The van der Waals surface area contributed by atoms with Gasteiger partial charge >= 0.3 is 0 Å². The summed E-state index contributed by atoms with van der Waals surface area (Å²) in [6.07, 6.45) is 1.96. The molecule has 0 radical (unpaired) electrons. The molecule has 1 heterocycles. The van der Waals surface area contributed by atoms with Gasteiger partial charge in [0.15, 0.2) is 0 Å². The Labute approximate surface area is 104 Å². The van der Waals surface area contributed by atoms with Crippen LogP contribution in [0.3, 0.4) is 0 Å². The van der Waals surface area contributed by atoms with Crippen molar-refractivity contribution in [3.05, 3.63) is 59.1 Å². The minimum atomic E-state index is -0.593. The standard InChI is InChI=1S/C13H14F2N2O/c1-8-2-10(7-18-8)13(17-16)5-9-3-11(14)6-12(15)4-9/h2-4,6-7,13,17H,5,16H2,1H3. The Bertz CT molecular complexity index is 519. The minimum absolute atomic E-state index is 0.247.